The van der Waals surface area contributed by atoms with Gasteiger partial charge in [0.2, 0.25) is 12.3 Å². The molecule has 0 fully saturated rings. The van der Waals surface area contributed by atoms with Crippen molar-refractivity contribution >= 4 is 23.7 Å². The van der Waals surface area contributed by atoms with Crippen LogP contribution in [0.4, 0.5) is 11.4 Å². The minimum atomic E-state index is -0.0226. The van der Waals surface area contributed by atoms with Crippen molar-refractivity contribution in [2.75, 3.05) is 10.7 Å². The molecule has 0 unspecified atom stereocenters. The van der Waals surface area contributed by atoms with E-state index in [0.717, 1.165) is 23.4 Å². The molecule has 5 nitrogen and oxygen atoms in total. The van der Waals surface area contributed by atoms with Crippen LogP contribution in [0, 0.1) is 0 Å². The number of rotatable bonds is 7. The molecule has 0 aliphatic carbocycles. The number of carbonyl (C=O) groups is 2. The van der Waals surface area contributed by atoms with E-state index in [2.05, 4.69) is 16.2 Å². The molecule has 2 aromatic rings. The number of aryl methyl sites for hydroxylation is 1. The number of hydrogen-bond donors (Lipinski definition) is 3. The Kier molecular flexibility index (Phi) is 5.34. The van der Waals surface area contributed by atoms with Crippen molar-refractivity contribution in [3.05, 3.63) is 60.2 Å². The van der Waals surface area contributed by atoms with Crippen LogP contribution in [-0.2, 0) is 16.0 Å². The van der Waals surface area contributed by atoms with Crippen LogP contribution >= 0.6 is 0 Å². The highest BCUT2D eigenvalue weighted by molar-refractivity contribution is 5.91. The van der Waals surface area contributed by atoms with E-state index in [1.54, 1.807) is 24.3 Å². The van der Waals surface area contributed by atoms with Crippen molar-refractivity contribution in [2.24, 2.45) is 0 Å². The van der Waals surface area contributed by atoms with E-state index in [4.69, 9.17) is 0 Å². The summed E-state index contributed by atoms with van der Waals surface area (Å²) in [4.78, 5) is 22.0. The second-order valence-electron chi connectivity index (χ2n) is 4.50. The Balaban J connectivity index is 1.80. The Morgan fingerprint density at radius 2 is 1.62 bits per heavy atom. The van der Waals surface area contributed by atoms with Crippen LogP contribution in [-0.4, -0.2) is 12.3 Å². The highest BCUT2D eigenvalue weighted by Crippen LogP contribution is 2.13. The molecule has 3 N–H and O–H groups in total. The van der Waals surface area contributed by atoms with Gasteiger partial charge in [-0.1, -0.05) is 30.3 Å². The number of hydrogen-bond acceptors (Lipinski definition) is 3. The molecule has 0 aliphatic rings. The third-order valence-corrected chi connectivity index (χ3v) is 2.93. The van der Waals surface area contributed by atoms with Crippen LogP contribution in [0.1, 0.15) is 12.0 Å². The Morgan fingerprint density at radius 1 is 0.952 bits per heavy atom. The first-order valence-corrected chi connectivity index (χ1v) is 6.67. The van der Waals surface area contributed by atoms with Gasteiger partial charge in [-0.3, -0.25) is 20.4 Å². The average Bonchev–Trinajstić information content (AvgIpc) is 2.53. The van der Waals surface area contributed by atoms with Gasteiger partial charge in [0.25, 0.3) is 0 Å². The molecule has 108 valence electrons. The molecule has 0 atom stereocenters. The van der Waals surface area contributed by atoms with E-state index >= 15 is 0 Å². The van der Waals surface area contributed by atoms with Crippen LogP contribution in [0.25, 0.3) is 0 Å². The van der Waals surface area contributed by atoms with Gasteiger partial charge < -0.3 is 5.32 Å². The van der Waals surface area contributed by atoms with Crippen LogP contribution in [0.2, 0.25) is 0 Å². The predicted molar refractivity (Wildman–Crippen MR) is 82.7 cm³/mol. The lowest BCUT2D eigenvalue weighted by atomic mass is 10.1. The zero-order valence-corrected chi connectivity index (χ0v) is 11.5. The van der Waals surface area contributed by atoms with Crippen LogP contribution in [0.3, 0.4) is 0 Å². The number of benzene rings is 2. The van der Waals surface area contributed by atoms with Crippen molar-refractivity contribution in [1.29, 1.82) is 0 Å². The maximum absolute atomic E-state index is 11.9. The molecule has 2 aromatic carbocycles. The van der Waals surface area contributed by atoms with Crippen molar-refractivity contribution in [1.82, 2.24) is 5.43 Å². The van der Waals surface area contributed by atoms with Crippen LogP contribution < -0.4 is 16.2 Å². The number of anilines is 2. The second kappa shape index (κ2) is 7.69. The standard InChI is InChI=1S/C16H17N3O2/c20-12-17-19-15-9-7-14(8-10-15)18-16(21)11-6-13-4-2-1-3-5-13/h1-5,7-10,12,19H,6,11H2,(H,17,20)(H,18,21). The number of nitrogens with one attached hydrogen (secondary N) is 3. The van der Waals surface area contributed by atoms with Gasteiger partial charge in [-0.15, -0.1) is 0 Å². The molecule has 0 aliphatic heterocycles. The SMILES string of the molecule is O=CNNc1ccc(NC(=O)CCc2ccccc2)cc1. The average molecular weight is 283 g/mol. The van der Waals surface area contributed by atoms with Crippen molar-refractivity contribution in [2.45, 2.75) is 12.8 Å². The largest absolute Gasteiger partial charge is 0.326 e. The normalized spacial score (nSPS) is 9.71. The van der Waals surface area contributed by atoms with E-state index in [1.807, 2.05) is 30.3 Å². The van der Waals surface area contributed by atoms with Gasteiger partial charge in [0.15, 0.2) is 0 Å². The molecular weight excluding hydrogens is 266 g/mol. The minimum absolute atomic E-state index is 0.0226. The van der Waals surface area contributed by atoms with Gasteiger partial charge in [-0.05, 0) is 36.2 Å². The summed E-state index contributed by atoms with van der Waals surface area (Å²) < 4.78 is 0. The predicted octanol–water partition coefficient (Wildman–Crippen LogP) is 2.33. The topological polar surface area (TPSA) is 70.2 Å². The molecule has 2 rings (SSSR count). The molecular formula is C16H17N3O2. The molecule has 0 saturated heterocycles. The van der Waals surface area contributed by atoms with E-state index in [-0.39, 0.29) is 5.91 Å². The molecule has 0 bridgehead atoms. The van der Waals surface area contributed by atoms with E-state index in [1.165, 1.54) is 0 Å². The smallest absolute Gasteiger partial charge is 0.225 e. The highest BCUT2D eigenvalue weighted by atomic mass is 16.1. The third-order valence-electron chi connectivity index (χ3n) is 2.93. The lowest BCUT2D eigenvalue weighted by Crippen LogP contribution is -2.18. The Labute approximate surface area is 123 Å². The van der Waals surface area contributed by atoms with Gasteiger partial charge in [0, 0.05) is 12.1 Å². The Bertz CT molecular complexity index is 582. The van der Waals surface area contributed by atoms with E-state index in [0.29, 0.717) is 12.8 Å². The maximum atomic E-state index is 11.9. The first-order valence-electron chi connectivity index (χ1n) is 6.67. The summed E-state index contributed by atoms with van der Waals surface area (Å²) in [6.07, 6.45) is 1.71. The fourth-order valence-electron chi connectivity index (χ4n) is 1.88. The molecule has 21 heavy (non-hydrogen) atoms. The summed E-state index contributed by atoms with van der Waals surface area (Å²) in [6.45, 7) is 0. The summed E-state index contributed by atoms with van der Waals surface area (Å²) in [5, 5.41) is 2.84. The number of carbonyl (C=O) groups excluding carboxylic acids is 2. The molecule has 0 heterocycles. The van der Waals surface area contributed by atoms with Gasteiger partial charge in [-0.25, -0.2) is 0 Å². The zero-order chi connectivity index (χ0) is 14.9. The molecule has 5 heteroatoms. The summed E-state index contributed by atoms with van der Waals surface area (Å²) in [5.41, 5.74) is 7.65. The fraction of sp³-hybridized carbons (Fsp3) is 0.125. The molecule has 0 aromatic heterocycles. The monoisotopic (exact) mass is 283 g/mol. The summed E-state index contributed by atoms with van der Waals surface area (Å²) in [6, 6.07) is 17.0. The maximum Gasteiger partial charge on any atom is 0.225 e. The van der Waals surface area contributed by atoms with E-state index in [9.17, 15) is 9.59 Å². The van der Waals surface area contributed by atoms with Gasteiger partial charge in [0.1, 0.15) is 0 Å². The van der Waals surface area contributed by atoms with Crippen molar-refractivity contribution < 1.29 is 9.59 Å². The summed E-state index contributed by atoms with van der Waals surface area (Å²) in [5.74, 6) is -0.0226. The van der Waals surface area contributed by atoms with Gasteiger partial charge in [0.05, 0.1) is 5.69 Å². The third kappa shape index (κ3) is 4.99. The molecule has 0 spiro atoms. The minimum Gasteiger partial charge on any atom is -0.326 e. The Hall–Kier alpha value is -2.82. The fourth-order valence-corrected chi connectivity index (χ4v) is 1.88. The first-order chi connectivity index (χ1) is 10.3. The summed E-state index contributed by atoms with van der Waals surface area (Å²) >= 11 is 0. The molecule has 2 amide bonds. The zero-order valence-electron chi connectivity index (χ0n) is 11.5. The lowest BCUT2D eigenvalue weighted by Gasteiger charge is -2.07. The first kappa shape index (κ1) is 14.6. The number of amides is 2. The van der Waals surface area contributed by atoms with Gasteiger partial charge in [-0.2, -0.15) is 0 Å². The number of hydrazine groups is 1. The molecule has 0 saturated carbocycles. The van der Waals surface area contributed by atoms with Crippen LogP contribution in [0.5, 0.6) is 0 Å². The highest BCUT2D eigenvalue weighted by Gasteiger charge is 2.03. The van der Waals surface area contributed by atoms with Crippen molar-refractivity contribution in [3.63, 3.8) is 0 Å². The van der Waals surface area contributed by atoms with E-state index < -0.39 is 0 Å². The quantitative estimate of drug-likeness (QED) is 0.539. The molecule has 0 radical (unpaired) electrons. The lowest BCUT2D eigenvalue weighted by molar-refractivity contribution is -0.116. The van der Waals surface area contributed by atoms with Crippen molar-refractivity contribution in [3.8, 4) is 0 Å². The van der Waals surface area contributed by atoms with Gasteiger partial charge >= 0.3 is 0 Å². The second-order valence-corrected chi connectivity index (χ2v) is 4.50. The summed E-state index contributed by atoms with van der Waals surface area (Å²) in [7, 11) is 0. The Morgan fingerprint density at radius 3 is 2.29 bits per heavy atom. The van der Waals surface area contributed by atoms with Crippen LogP contribution in [0.15, 0.2) is 54.6 Å².